The molecule has 6 heteroatoms. The van der Waals surface area contributed by atoms with Gasteiger partial charge in [-0.05, 0) is 17.7 Å². The van der Waals surface area contributed by atoms with E-state index in [9.17, 15) is 10.1 Å². The van der Waals surface area contributed by atoms with Gasteiger partial charge in [0.25, 0.3) is 0 Å². The number of alkyl halides is 1. The molecule has 0 aliphatic carbocycles. The Bertz CT molecular complexity index is 634. The smallest absolute Gasteiger partial charge is 0.310 e. The van der Waals surface area contributed by atoms with Crippen LogP contribution in [-0.2, 0) is 12.5 Å². The number of ether oxygens (including phenoxy) is 1. The molecule has 0 unspecified atom stereocenters. The summed E-state index contributed by atoms with van der Waals surface area (Å²) in [5, 5.41) is 11.0. The van der Waals surface area contributed by atoms with Crippen LogP contribution in [0.1, 0.15) is 11.1 Å². The summed E-state index contributed by atoms with van der Waals surface area (Å²) >= 11 is 9.15. The van der Waals surface area contributed by atoms with Crippen LogP contribution in [0.25, 0.3) is 0 Å². The SMILES string of the molecule is O=[N+]([O-])c1ccc(CCl)cc1OCc1ccccc1Br. The second-order valence-corrected chi connectivity index (χ2v) is 5.19. The number of halogens is 2. The van der Waals surface area contributed by atoms with Gasteiger partial charge in [0.1, 0.15) is 6.61 Å². The van der Waals surface area contributed by atoms with Gasteiger partial charge in [0.2, 0.25) is 0 Å². The highest BCUT2D eigenvalue weighted by Crippen LogP contribution is 2.30. The van der Waals surface area contributed by atoms with Crippen molar-refractivity contribution in [2.45, 2.75) is 12.5 Å². The van der Waals surface area contributed by atoms with E-state index in [0.717, 1.165) is 15.6 Å². The Labute approximate surface area is 129 Å². The quantitative estimate of drug-likeness (QED) is 0.444. The molecular weight excluding hydrogens is 346 g/mol. The molecule has 0 N–H and O–H groups in total. The van der Waals surface area contributed by atoms with Crippen LogP contribution in [0.4, 0.5) is 5.69 Å². The molecule has 0 aliphatic heterocycles. The van der Waals surface area contributed by atoms with E-state index in [1.165, 1.54) is 6.07 Å². The minimum absolute atomic E-state index is 0.0640. The maximum absolute atomic E-state index is 11.0. The predicted octanol–water partition coefficient (Wildman–Crippen LogP) is 4.68. The van der Waals surface area contributed by atoms with Crippen molar-refractivity contribution in [3.8, 4) is 5.75 Å². The summed E-state index contributed by atoms with van der Waals surface area (Å²) in [5.74, 6) is 0.507. The third kappa shape index (κ3) is 3.49. The summed E-state index contributed by atoms with van der Waals surface area (Å²) in [5.41, 5.74) is 1.63. The number of nitrogens with zero attached hydrogens (tertiary/aromatic N) is 1. The molecule has 0 atom stereocenters. The van der Waals surface area contributed by atoms with Crippen molar-refractivity contribution >= 4 is 33.2 Å². The van der Waals surface area contributed by atoms with E-state index in [2.05, 4.69) is 15.9 Å². The molecule has 0 fully saturated rings. The number of hydrogen-bond donors (Lipinski definition) is 0. The van der Waals surface area contributed by atoms with E-state index in [1.54, 1.807) is 12.1 Å². The first kappa shape index (κ1) is 14.8. The molecule has 4 nitrogen and oxygen atoms in total. The second-order valence-electron chi connectivity index (χ2n) is 4.07. The van der Waals surface area contributed by atoms with E-state index in [-0.39, 0.29) is 23.9 Å². The molecule has 0 spiro atoms. The average Bonchev–Trinajstić information content (AvgIpc) is 2.46. The van der Waals surface area contributed by atoms with Gasteiger partial charge in [-0.3, -0.25) is 10.1 Å². The van der Waals surface area contributed by atoms with Crippen LogP contribution in [0.15, 0.2) is 46.9 Å². The Morgan fingerprint density at radius 3 is 2.65 bits per heavy atom. The lowest BCUT2D eigenvalue weighted by Crippen LogP contribution is -2.00. The standard InChI is InChI=1S/C14H11BrClNO3/c15-12-4-2-1-3-11(12)9-20-14-7-10(8-16)5-6-13(14)17(18)19/h1-7H,8-9H2. The maximum Gasteiger partial charge on any atom is 0.310 e. The largest absolute Gasteiger partial charge is 0.482 e. The number of nitro benzene ring substituents is 1. The molecular formula is C14H11BrClNO3. The van der Waals surface area contributed by atoms with Crippen molar-refractivity contribution in [1.29, 1.82) is 0 Å². The first-order valence-electron chi connectivity index (χ1n) is 5.81. The first-order chi connectivity index (χ1) is 9.61. The summed E-state index contributed by atoms with van der Waals surface area (Å²) < 4.78 is 6.48. The fourth-order valence-corrected chi connectivity index (χ4v) is 2.24. The van der Waals surface area contributed by atoms with Gasteiger partial charge < -0.3 is 4.74 Å². The minimum atomic E-state index is -0.465. The first-order valence-corrected chi connectivity index (χ1v) is 7.14. The van der Waals surface area contributed by atoms with E-state index < -0.39 is 4.92 Å². The van der Waals surface area contributed by atoms with Crippen LogP contribution < -0.4 is 4.74 Å². The molecule has 0 heterocycles. The highest BCUT2D eigenvalue weighted by atomic mass is 79.9. The monoisotopic (exact) mass is 355 g/mol. The predicted molar refractivity (Wildman–Crippen MR) is 81.1 cm³/mol. The molecule has 2 aromatic rings. The van der Waals surface area contributed by atoms with Crippen LogP contribution in [0, 0.1) is 10.1 Å². The molecule has 0 amide bonds. The number of nitro groups is 1. The van der Waals surface area contributed by atoms with Gasteiger partial charge in [-0.1, -0.05) is 40.2 Å². The molecule has 0 radical (unpaired) electrons. The lowest BCUT2D eigenvalue weighted by Gasteiger charge is -2.09. The van der Waals surface area contributed by atoms with Crippen molar-refractivity contribution in [3.63, 3.8) is 0 Å². The Kier molecular flexibility index (Phi) is 4.98. The van der Waals surface area contributed by atoms with Gasteiger partial charge in [0.15, 0.2) is 5.75 Å². The minimum Gasteiger partial charge on any atom is -0.482 e. The number of benzene rings is 2. The highest BCUT2D eigenvalue weighted by molar-refractivity contribution is 9.10. The van der Waals surface area contributed by atoms with E-state index in [4.69, 9.17) is 16.3 Å². The summed E-state index contributed by atoms with van der Waals surface area (Å²) in [6.45, 7) is 0.244. The lowest BCUT2D eigenvalue weighted by molar-refractivity contribution is -0.386. The zero-order chi connectivity index (χ0) is 14.5. The van der Waals surface area contributed by atoms with Gasteiger partial charge in [-0.25, -0.2) is 0 Å². The van der Waals surface area contributed by atoms with Crippen molar-refractivity contribution < 1.29 is 9.66 Å². The Morgan fingerprint density at radius 2 is 2.00 bits per heavy atom. The van der Waals surface area contributed by atoms with E-state index >= 15 is 0 Å². The van der Waals surface area contributed by atoms with Crippen molar-refractivity contribution in [2.75, 3.05) is 0 Å². The molecule has 0 saturated heterocycles. The van der Waals surface area contributed by atoms with Crippen LogP contribution in [0.3, 0.4) is 0 Å². The van der Waals surface area contributed by atoms with Gasteiger partial charge >= 0.3 is 5.69 Å². The molecule has 0 aliphatic rings. The fraction of sp³-hybridized carbons (Fsp3) is 0.143. The molecule has 20 heavy (non-hydrogen) atoms. The van der Waals surface area contributed by atoms with Crippen LogP contribution in [0.2, 0.25) is 0 Å². The van der Waals surface area contributed by atoms with Gasteiger partial charge in [-0.15, -0.1) is 11.6 Å². The highest BCUT2D eigenvalue weighted by Gasteiger charge is 2.16. The van der Waals surface area contributed by atoms with Gasteiger partial charge in [-0.2, -0.15) is 0 Å². The maximum atomic E-state index is 11.0. The average molecular weight is 357 g/mol. The second kappa shape index (κ2) is 6.72. The zero-order valence-electron chi connectivity index (χ0n) is 10.4. The summed E-state index contributed by atoms with van der Waals surface area (Å²) in [4.78, 5) is 10.5. The lowest BCUT2D eigenvalue weighted by atomic mass is 10.2. The summed E-state index contributed by atoms with van der Waals surface area (Å²) in [6.07, 6.45) is 0. The summed E-state index contributed by atoms with van der Waals surface area (Å²) in [7, 11) is 0. The Morgan fingerprint density at radius 1 is 1.25 bits per heavy atom. The van der Waals surface area contributed by atoms with E-state index in [0.29, 0.717) is 0 Å². The van der Waals surface area contributed by atoms with Crippen molar-refractivity contribution in [1.82, 2.24) is 0 Å². The fourth-order valence-electron chi connectivity index (χ4n) is 1.68. The van der Waals surface area contributed by atoms with Gasteiger partial charge in [0.05, 0.1) is 4.92 Å². The zero-order valence-corrected chi connectivity index (χ0v) is 12.7. The van der Waals surface area contributed by atoms with Crippen LogP contribution in [-0.4, -0.2) is 4.92 Å². The Hall–Kier alpha value is -1.59. The number of rotatable bonds is 5. The normalized spacial score (nSPS) is 10.3. The topological polar surface area (TPSA) is 52.4 Å². The third-order valence-electron chi connectivity index (χ3n) is 2.72. The van der Waals surface area contributed by atoms with Crippen LogP contribution >= 0.6 is 27.5 Å². The molecule has 0 aromatic heterocycles. The summed E-state index contributed by atoms with van der Waals surface area (Å²) in [6, 6.07) is 12.2. The molecule has 0 bridgehead atoms. The molecule has 0 saturated carbocycles. The Balaban J connectivity index is 2.24. The molecule has 2 rings (SSSR count). The van der Waals surface area contributed by atoms with Crippen molar-refractivity contribution in [2.24, 2.45) is 0 Å². The van der Waals surface area contributed by atoms with E-state index in [1.807, 2.05) is 24.3 Å². The molecule has 2 aromatic carbocycles. The molecule has 104 valence electrons. The third-order valence-corrected chi connectivity index (χ3v) is 3.80. The van der Waals surface area contributed by atoms with Crippen LogP contribution in [0.5, 0.6) is 5.75 Å². The van der Waals surface area contributed by atoms with Gasteiger partial charge in [0, 0.05) is 22.0 Å². The number of hydrogen-bond acceptors (Lipinski definition) is 3. The van der Waals surface area contributed by atoms with Crippen molar-refractivity contribution in [3.05, 3.63) is 68.2 Å².